The highest BCUT2D eigenvalue weighted by molar-refractivity contribution is 5.49. The minimum Gasteiger partial charge on any atom is -0.486 e. The van der Waals surface area contributed by atoms with Crippen molar-refractivity contribution in [3.8, 4) is 17.2 Å². The lowest BCUT2D eigenvalue weighted by Gasteiger charge is -2.19. The molecule has 0 saturated carbocycles. The van der Waals surface area contributed by atoms with Crippen LogP contribution in [0.5, 0.6) is 11.5 Å². The van der Waals surface area contributed by atoms with Crippen molar-refractivity contribution in [3.05, 3.63) is 30.4 Å². The highest BCUT2D eigenvalue weighted by Crippen LogP contribution is 2.33. The molecular formula is C17H22N4O3. The van der Waals surface area contributed by atoms with Crippen molar-refractivity contribution in [2.24, 2.45) is 0 Å². The first kappa shape index (κ1) is 15.4. The molecule has 1 fully saturated rings. The van der Waals surface area contributed by atoms with Crippen LogP contribution < -0.4 is 9.47 Å². The van der Waals surface area contributed by atoms with E-state index in [2.05, 4.69) is 15.0 Å². The summed E-state index contributed by atoms with van der Waals surface area (Å²) in [6, 6.07) is 5.92. The van der Waals surface area contributed by atoms with Gasteiger partial charge in [-0.25, -0.2) is 9.67 Å². The molecule has 0 N–H and O–H groups in total. The van der Waals surface area contributed by atoms with Crippen LogP contribution in [0.15, 0.2) is 24.5 Å². The van der Waals surface area contributed by atoms with E-state index in [9.17, 15) is 0 Å². The Morgan fingerprint density at radius 1 is 1.25 bits per heavy atom. The van der Waals surface area contributed by atoms with Gasteiger partial charge in [-0.05, 0) is 25.1 Å². The highest BCUT2D eigenvalue weighted by Gasteiger charge is 2.28. The van der Waals surface area contributed by atoms with Crippen molar-refractivity contribution < 1.29 is 14.2 Å². The second-order valence-electron chi connectivity index (χ2n) is 6.14. The molecule has 3 heterocycles. The van der Waals surface area contributed by atoms with Crippen LogP contribution in [0.1, 0.15) is 18.2 Å². The molecule has 0 bridgehead atoms. The Kier molecular flexibility index (Phi) is 4.36. The van der Waals surface area contributed by atoms with Gasteiger partial charge in [-0.15, -0.1) is 0 Å². The first-order valence-corrected chi connectivity index (χ1v) is 8.36. The Bertz CT molecular complexity index is 703. The van der Waals surface area contributed by atoms with Gasteiger partial charge >= 0.3 is 0 Å². The number of ether oxygens (including phenoxy) is 3. The van der Waals surface area contributed by atoms with E-state index in [1.165, 1.54) is 0 Å². The molecule has 2 aliphatic heterocycles. The summed E-state index contributed by atoms with van der Waals surface area (Å²) in [5.74, 6) is 2.95. The lowest BCUT2D eigenvalue weighted by atomic mass is 10.1. The predicted molar refractivity (Wildman–Crippen MR) is 88.0 cm³/mol. The fraction of sp³-hybridized carbons (Fsp3) is 0.529. The Balaban J connectivity index is 1.55. The molecule has 0 aliphatic carbocycles. The summed E-state index contributed by atoms with van der Waals surface area (Å²) >= 11 is 0. The number of methoxy groups -OCH3 is 1. The van der Waals surface area contributed by atoms with Crippen molar-refractivity contribution in [3.63, 3.8) is 0 Å². The van der Waals surface area contributed by atoms with Gasteiger partial charge in [-0.1, -0.05) is 0 Å². The third kappa shape index (κ3) is 2.97. The maximum Gasteiger partial charge on any atom is 0.163 e. The second kappa shape index (κ2) is 6.78. The summed E-state index contributed by atoms with van der Waals surface area (Å²) in [5.41, 5.74) is 0.960. The molecule has 0 spiro atoms. The molecule has 7 nitrogen and oxygen atoms in total. The highest BCUT2D eigenvalue weighted by atomic mass is 16.6. The Hall–Kier alpha value is -2.12. The zero-order valence-corrected chi connectivity index (χ0v) is 13.9. The van der Waals surface area contributed by atoms with Crippen LogP contribution >= 0.6 is 0 Å². The van der Waals surface area contributed by atoms with Crippen LogP contribution in [-0.4, -0.2) is 66.2 Å². The van der Waals surface area contributed by atoms with Gasteiger partial charge < -0.3 is 19.1 Å². The first-order chi connectivity index (χ1) is 11.8. The summed E-state index contributed by atoms with van der Waals surface area (Å²) in [6.45, 7) is 4.97. The molecular weight excluding hydrogens is 308 g/mol. The molecule has 7 heteroatoms. The number of hydrogen-bond donors (Lipinski definition) is 0. The molecule has 1 aromatic carbocycles. The van der Waals surface area contributed by atoms with Crippen molar-refractivity contribution in [2.45, 2.75) is 12.3 Å². The number of rotatable bonds is 5. The molecule has 4 rings (SSSR count). The van der Waals surface area contributed by atoms with E-state index < -0.39 is 0 Å². The fourth-order valence-corrected chi connectivity index (χ4v) is 3.36. The average Bonchev–Trinajstić information content (AvgIpc) is 3.28. The zero-order chi connectivity index (χ0) is 16.4. The Labute approximate surface area is 141 Å². The average molecular weight is 330 g/mol. The van der Waals surface area contributed by atoms with Gasteiger partial charge in [0.1, 0.15) is 25.4 Å². The third-order valence-electron chi connectivity index (χ3n) is 4.59. The van der Waals surface area contributed by atoms with Gasteiger partial charge in [0.05, 0.1) is 12.3 Å². The summed E-state index contributed by atoms with van der Waals surface area (Å²) < 4.78 is 18.4. The van der Waals surface area contributed by atoms with E-state index in [1.807, 2.05) is 22.9 Å². The molecule has 2 aliphatic rings. The number of fused-ring (bicyclic) bond motifs is 1. The fourth-order valence-electron chi connectivity index (χ4n) is 3.36. The van der Waals surface area contributed by atoms with Crippen molar-refractivity contribution >= 4 is 0 Å². The summed E-state index contributed by atoms with van der Waals surface area (Å²) in [5, 5.41) is 4.43. The van der Waals surface area contributed by atoms with Gasteiger partial charge in [0.25, 0.3) is 0 Å². The summed E-state index contributed by atoms with van der Waals surface area (Å²) in [6.07, 6.45) is 2.72. The maximum absolute atomic E-state index is 5.68. The van der Waals surface area contributed by atoms with Gasteiger partial charge in [-0.3, -0.25) is 0 Å². The van der Waals surface area contributed by atoms with Crippen LogP contribution in [0.3, 0.4) is 0 Å². The first-order valence-electron chi connectivity index (χ1n) is 8.36. The Morgan fingerprint density at radius 2 is 2.12 bits per heavy atom. The van der Waals surface area contributed by atoms with E-state index in [0.717, 1.165) is 55.7 Å². The molecule has 1 atom stereocenters. The van der Waals surface area contributed by atoms with Crippen LogP contribution in [0.25, 0.3) is 5.69 Å². The van der Waals surface area contributed by atoms with E-state index in [-0.39, 0.29) is 0 Å². The standard InChI is InChI=1S/C17H22N4O3/c1-22-7-6-20-5-4-13(11-20)17-18-12-19-21(17)14-2-3-15-16(10-14)24-9-8-23-15/h2-3,10,12-13H,4-9,11H2,1H3. The molecule has 1 aromatic heterocycles. The van der Waals surface area contributed by atoms with Crippen LogP contribution in [-0.2, 0) is 4.74 Å². The normalized spacial score (nSPS) is 20.5. The van der Waals surface area contributed by atoms with E-state index in [4.69, 9.17) is 14.2 Å². The monoisotopic (exact) mass is 330 g/mol. The quantitative estimate of drug-likeness (QED) is 0.827. The van der Waals surface area contributed by atoms with E-state index in [0.29, 0.717) is 19.1 Å². The number of aromatic nitrogens is 3. The van der Waals surface area contributed by atoms with Crippen molar-refractivity contribution in [1.29, 1.82) is 0 Å². The van der Waals surface area contributed by atoms with Gasteiger partial charge in [0.2, 0.25) is 0 Å². The molecule has 2 aromatic rings. The minimum absolute atomic E-state index is 0.387. The van der Waals surface area contributed by atoms with Crippen molar-refractivity contribution in [2.75, 3.05) is 46.6 Å². The molecule has 24 heavy (non-hydrogen) atoms. The van der Waals surface area contributed by atoms with Crippen LogP contribution in [0.4, 0.5) is 0 Å². The lowest BCUT2D eigenvalue weighted by molar-refractivity contribution is 0.160. The van der Waals surface area contributed by atoms with E-state index >= 15 is 0 Å². The summed E-state index contributed by atoms with van der Waals surface area (Å²) in [4.78, 5) is 6.94. The van der Waals surface area contributed by atoms with Gasteiger partial charge in [0.15, 0.2) is 11.5 Å². The molecule has 0 amide bonds. The third-order valence-corrected chi connectivity index (χ3v) is 4.59. The zero-order valence-electron chi connectivity index (χ0n) is 13.9. The lowest BCUT2D eigenvalue weighted by Crippen LogP contribution is -2.25. The topological polar surface area (TPSA) is 61.6 Å². The molecule has 1 unspecified atom stereocenters. The van der Waals surface area contributed by atoms with Crippen molar-refractivity contribution in [1.82, 2.24) is 19.7 Å². The molecule has 0 radical (unpaired) electrons. The van der Waals surface area contributed by atoms with Crippen LogP contribution in [0, 0.1) is 0 Å². The van der Waals surface area contributed by atoms with Crippen LogP contribution in [0.2, 0.25) is 0 Å². The predicted octanol–water partition coefficient (Wildman–Crippen LogP) is 1.47. The van der Waals surface area contributed by atoms with Gasteiger partial charge in [0, 0.05) is 32.2 Å². The second-order valence-corrected chi connectivity index (χ2v) is 6.14. The SMILES string of the molecule is COCCN1CCC(c2ncnn2-c2ccc3c(c2)OCCO3)C1. The molecule has 128 valence electrons. The number of hydrogen-bond acceptors (Lipinski definition) is 6. The Morgan fingerprint density at radius 3 is 3.00 bits per heavy atom. The largest absolute Gasteiger partial charge is 0.486 e. The molecule has 1 saturated heterocycles. The van der Waals surface area contributed by atoms with Gasteiger partial charge in [-0.2, -0.15) is 5.10 Å². The van der Waals surface area contributed by atoms with E-state index in [1.54, 1.807) is 13.4 Å². The minimum atomic E-state index is 0.387. The smallest absolute Gasteiger partial charge is 0.163 e. The maximum atomic E-state index is 5.68. The number of benzene rings is 1. The summed E-state index contributed by atoms with van der Waals surface area (Å²) in [7, 11) is 1.74. The number of likely N-dealkylation sites (tertiary alicyclic amines) is 1. The number of nitrogens with zero attached hydrogens (tertiary/aromatic N) is 4.